The molecule has 1 atom stereocenters. The van der Waals surface area contributed by atoms with Gasteiger partial charge in [0.2, 0.25) is 12.7 Å². The number of nitrogens with zero attached hydrogens (tertiary/aromatic N) is 3. The Morgan fingerprint density at radius 1 is 1.00 bits per heavy atom. The molecule has 1 aromatic heterocycles. The minimum Gasteiger partial charge on any atom is -0.454 e. The van der Waals surface area contributed by atoms with Crippen molar-refractivity contribution in [3.05, 3.63) is 71.8 Å². The van der Waals surface area contributed by atoms with Crippen LogP contribution in [0.25, 0.3) is 20.8 Å². The average Bonchev–Trinajstić information content (AvgIpc) is 3.55. The molecule has 0 bridgehead atoms. The van der Waals surface area contributed by atoms with Gasteiger partial charge < -0.3 is 14.8 Å². The van der Waals surface area contributed by atoms with E-state index in [1.807, 2.05) is 37.3 Å². The number of aromatic nitrogens is 1. The van der Waals surface area contributed by atoms with Crippen LogP contribution in [0.3, 0.4) is 0 Å². The maximum atomic E-state index is 13.0. The van der Waals surface area contributed by atoms with Gasteiger partial charge in [-0.3, -0.25) is 14.6 Å². The number of anilines is 1. The van der Waals surface area contributed by atoms with Crippen molar-refractivity contribution in [2.24, 2.45) is 0 Å². The summed E-state index contributed by atoms with van der Waals surface area (Å²) in [5.41, 5.74) is 5.34. The SMILES string of the molecule is Cc1ccc2nc(-c3ccc(NC(=O)[C@@H](C)N4CCN(Cc5ccc6c(c5)OCO6)CC4)cc3)sc2c1. The molecule has 0 aliphatic carbocycles. The van der Waals surface area contributed by atoms with Crippen molar-refractivity contribution < 1.29 is 14.3 Å². The summed E-state index contributed by atoms with van der Waals surface area (Å²) in [6.07, 6.45) is 0. The van der Waals surface area contributed by atoms with Crippen molar-refractivity contribution in [1.29, 1.82) is 0 Å². The van der Waals surface area contributed by atoms with E-state index in [0.29, 0.717) is 6.79 Å². The quantitative estimate of drug-likeness (QED) is 0.384. The molecule has 4 aromatic rings. The Morgan fingerprint density at radius 3 is 2.59 bits per heavy atom. The first kappa shape index (κ1) is 23.9. The van der Waals surface area contributed by atoms with Gasteiger partial charge in [-0.1, -0.05) is 12.1 Å². The summed E-state index contributed by atoms with van der Waals surface area (Å²) in [6.45, 7) is 8.80. The molecule has 1 fully saturated rings. The molecule has 2 aliphatic rings. The minimum atomic E-state index is -0.195. The van der Waals surface area contributed by atoms with Gasteiger partial charge >= 0.3 is 0 Å². The van der Waals surface area contributed by atoms with E-state index >= 15 is 0 Å². The first-order valence-corrected chi connectivity index (χ1v) is 13.5. The Balaban J connectivity index is 1.02. The zero-order valence-corrected chi connectivity index (χ0v) is 21.9. The van der Waals surface area contributed by atoms with E-state index < -0.39 is 0 Å². The summed E-state index contributed by atoms with van der Waals surface area (Å²) in [7, 11) is 0. The number of rotatable bonds is 6. The molecule has 3 heterocycles. The fourth-order valence-electron chi connectivity index (χ4n) is 4.87. The molecular formula is C29H30N4O3S. The molecule has 1 amide bonds. The Hall–Kier alpha value is -3.46. The summed E-state index contributed by atoms with van der Waals surface area (Å²) in [5, 5.41) is 4.08. The molecule has 0 unspecified atom stereocenters. The smallest absolute Gasteiger partial charge is 0.241 e. The predicted molar refractivity (Wildman–Crippen MR) is 147 cm³/mol. The average molecular weight is 515 g/mol. The van der Waals surface area contributed by atoms with Crippen LogP contribution in [-0.2, 0) is 11.3 Å². The van der Waals surface area contributed by atoms with Crippen molar-refractivity contribution in [3.8, 4) is 22.1 Å². The van der Waals surface area contributed by atoms with E-state index in [1.54, 1.807) is 11.3 Å². The van der Waals surface area contributed by atoms with Crippen LogP contribution in [0.5, 0.6) is 11.5 Å². The molecule has 0 spiro atoms. The van der Waals surface area contributed by atoms with Crippen LogP contribution in [0.4, 0.5) is 5.69 Å². The second-order valence-electron chi connectivity index (χ2n) is 9.73. The van der Waals surface area contributed by atoms with E-state index in [4.69, 9.17) is 14.5 Å². The number of benzene rings is 3. The van der Waals surface area contributed by atoms with E-state index in [-0.39, 0.29) is 11.9 Å². The van der Waals surface area contributed by atoms with E-state index in [2.05, 4.69) is 52.4 Å². The molecule has 7 nitrogen and oxygen atoms in total. The first-order chi connectivity index (χ1) is 18.0. The zero-order valence-electron chi connectivity index (χ0n) is 21.1. The zero-order chi connectivity index (χ0) is 25.4. The number of ether oxygens (including phenoxy) is 2. The third-order valence-corrected chi connectivity index (χ3v) is 8.19. The fourth-order valence-corrected chi connectivity index (χ4v) is 5.94. The molecule has 37 heavy (non-hydrogen) atoms. The second-order valence-corrected chi connectivity index (χ2v) is 10.8. The number of thiazole rings is 1. The number of amides is 1. The molecule has 190 valence electrons. The van der Waals surface area contributed by atoms with Crippen molar-refractivity contribution >= 4 is 33.1 Å². The number of aryl methyl sites for hydroxylation is 1. The molecule has 0 saturated carbocycles. The summed E-state index contributed by atoms with van der Waals surface area (Å²) in [6, 6.07) is 20.2. The van der Waals surface area contributed by atoms with E-state index in [0.717, 1.165) is 66.0 Å². The van der Waals surface area contributed by atoms with Crippen LogP contribution in [0.2, 0.25) is 0 Å². The molecular weight excluding hydrogens is 484 g/mol. The van der Waals surface area contributed by atoms with Crippen LogP contribution in [0.1, 0.15) is 18.1 Å². The summed E-state index contributed by atoms with van der Waals surface area (Å²) in [5.74, 6) is 1.66. The van der Waals surface area contributed by atoms with Crippen LogP contribution >= 0.6 is 11.3 Å². The monoisotopic (exact) mass is 514 g/mol. The van der Waals surface area contributed by atoms with Crippen molar-refractivity contribution in [2.45, 2.75) is 26.4 Å². The molecule has 6 rings (SSSR count). The number of carbonyl (C=O) groups excluding carboxylic acids is 1. The van der Waals surface area contributed by atoms with Gasteiger partial charge in [0.05, 0.1) is 16.3 Å². The molecule has 2 aliphatic heterocycles. The lowest BCUT2D eigenvalue weighted by Crippen LogP contribution is -2.52. The molecule has 1 N–H and O–H groups in total. The number of fused-ring (bicyclic) bond motifs is 2. The van der Waals surface area contributed by atoms with Gasteiger partial charge in [0.15, 0.2) is 11.5 Å². The van der Waals surface area contributed by atoms with Crippen LogP contribution < -0.4 is 14.8 Å². The second kappa shape index (κ2) is 10.1. The van der Waals surface area contributed by atoms with Crippen LogP contribution in [-0.4, -0.2) is 59.7 Å². The van der Waals surface area contributed by atoms with Crippen molar-refractivity contribution in [3.63, 3.8) is 0 Å². The van der Waals surface area contributed by atoms with Gasteiger partial charge in [0, 0.05) is 44.0 Å². The predicted octanol–water partition coefficient (Wildman–Crippen LogP) is 5.15. The highest BCUT2D eigenvalue weighted by Gasteiger charge is 2.26. The highest BCUT2D eigenvalue weighted by Crippen LogP contribution is 2.33. The van der Waals surface area contributed by atoms with Gasteiger partial charge in [-0.25, -0.2) is 4.98 Å². The van der Waals surface area contributed by atoms with E-state index in [1.165, 1.54) is 15.8 Å². The van der Waals surface area contributed by atoms with Crippen molar-refractivity contribution in [2.75, 3.05) is 38.3 Å². The molecule has 3 aromatic carbocycles. The molecule has 0 radical (unpaired) electrons. The third kappa shape index (κ3) is 5.18. The van der Waals surface area contributed by atoms with Gasteiger partial charge in [-0.2, -0.15) is 0 Å². The Bertz CT molecular complexity index is 1430. The van der Waals surface area contributed by atoms with Gasteiger partial charge in [-0.05, 0) is 73.5 Å². The molecule has 1 saturated heterocycles. The van der Waals surface area contributed by atoms with Gasteiger partial charge in [0.25, 0.3) is 0 Å². The highest BCUT2D eigenvalue weighted by atomic mass is 32.1. The highest BCUT2D eigenvalue weighted by molar-refractivity contribution is 7.21. The van der Waals surface area contributed by atoms with Crippen molar-refractivity contribution in [1.82, 2.24) is 14.8 Å². The molecule has 8 heteroatoms. The van der Waals surface area contributed by atoms with Gasteiger partial charge in [-0.15, -0.1) is 11.3 Å². The lowest BCUT2D eigenvalue weighted by Gasteiger charge is -2.37. The third-order valence-electron chi connectivity index (χ3n) is 7.12. The minimum absolute atomic E-state index is 0.0208. The Morgan fingerprint density at radius 2 is 1.78 bits per heavy atom. The Labute approximate surface area is 220 Å². The summed E-state index contributed by atoms with van der Waals surface area (Å²) < 4.78 is 12.1. The van der Waals surface area contributed by atoms with E-state index in [9.17, 15) is 4.79 Å². The van der Waals surface area contributed by atoms with Crippen LogP contribution in [0.15, 0.2) is 60.7 Å². The number of carbonyl (C=O) groups is 1. The maximum absolute atomic E-state index is 13.0. The lowest BCUT2D eigenvalue weighted by atomic mass is 10.1. The topological polar surface area (TPSA) is 66.9 Å². The fraction of sp³-hybridized carbons (Fsp3) is 0.310. The summed E-state index contributed by atoms with van der Waals surface area (Å²) >= 11 is 1.69. The first-order valence-electron chi connectivity index (χ1n) is 12.7. The maximum Gasteiger partial charge on any atom is 0.241 e. The number of hydrogen-bond donors (Lipinski definition) is 1. The lowest BCUT2D eigenvalue weighted by molar-refractivity contribution is -0.121. The number of nitrogens with one attached hydrogen (secondary N) is 1. The standard InChI is InChI=1S/C29H30N4O3S/c1-19-3-9-24-27(15-19)37-29(31-24)22-5-7-23(8-6-22)30-28(34)20(2)33-13-11-32(12-14-33)17-21-4-10-25-26(16-21)36-18-35-25/h3-10,15-16,20H,11-14,17-18H2,1-2H3,(H,30,34)/t20-/m1/s1. The summed E-state index contributed by atoms with van der Waals surface area (Å²) in [4.78, 5) is 22.4. The van der Waals surface area contributed by atoms with Gasteiger partial charge in [0.1, 0.15) is 5.01 Å². The largest absolute Gasteiger partial charge is 0.454 e. The Kier molecular flexibility index (Phi) is 6.54. The normalized spacial score (nSPS) is 16.7. The number of hydrogen-bond acceptors (Lipinski definition) is 7. The number of piperazine rings is 1. The van der Waals surface area contributed by atoms with Crippen LogP contribution in [0, 0.1) is 6.92 Å².